The average Bonchev–Trinajstić information content (AvgIpc) is 3.53. The van der Waals surface area contributed by atoms with E-state index in [1.165, 1.54) is 16.7 Å². The normalized spacial score (nSPS) is 19.8. The fourth-order valence-electron chi connectivity index (χ4n) is 4.79. The molecule has 5 rings (SSSR count). The topological polar surface area (TPSA) is 94.2 Å². The second-order valence-corrected chi connectivity index (χ2v) is 9.18. The van der Waals surface area contributed by atoms with Gasteiger partial charge in [0.2, 0.25) is 5.91 Å². The molecule has 1 atom stereocenters. The summed E-state index contributed by atoms with van der Waals surface area (Å²) in [7, 11) is 0. The Hall–Kier alpha value is -3.96. The summed E-state index contributed by atoms with van der Waals surface area (Å²) < 4.78 is 41.2. The molecule has 0 bridgehead atoms. The lowest BCUT2D eigenvalue weighted by Gasteiger charge is -2.44. The number of pyridine rings is 1. The number of H-pyrrole nitrogens is 1. The van der Waals surface area contributed by atoms with E-state index in [1.54, 1.807) is 12.4 Å². The lowest BCUT2D eigenvalue weighted by molar-refractivity contribution is -0.143. The Kier molecular flexibility index (Phi) is 6.57. The third-order valence-corrected chi connectivity index (χ3v) is 7.04. The zero-order chi connectivity index (χ0) is 26.2. The van der Waals surface area contributed by atoms with Crippen molar-refractivity contribution in [2.75, 3.05) is 19.6 Å². The van der Waals surface area contributed by atoms with Crippen LogP contribution in [0.5, 0.6) is 0 Å². The second-order valence-electron chi connectivity index (χ2n) is 9.18. The summed E-state index contributed by atoms with van der Waals surface area (Å²) in [6.45, 7) is 6.97. The Labute approximate surface area is 211 Å². The SMILES string of the molecule is C=NC(=N/C(=C\C)N1CCN(C(=O)C2CCC2)C(c2cn[nH]c2)C1)c1cnc2ccc(C(F)(F)F)cn12. The van der Waals surface area contributed by atoms with Crippen LogP contribution in [0.2, 0.25) is 0 Å². The Balaban J connectivity index is 1.44. The molecule has 1 unspecified atom stereocenters. The lowest BCUT2D eigenvalue weighted by atomic mass is 9.83. The van der Waals surface area contributed by atoms with Crippen LogP contribution < -0.4 is 0 Å². The summed E-state index contributed by atoms with van der Waals surface area (Å²) >= 11 is 0. The maximum absolute atomic E-state index is 13.3. The van der Waals surface area contributed by atoms with Gasteiger partial charge < -0.3 is 9.80 Å². The zero-order valence-corrected chi connectivity index (χ0v) is 20.3. The number of allylic oxidation sites excluding steroid dienone is 1. The standard InChI is InChI=1S/C25H27F3N8O/c1-3-21(33-23(29-2)19-13-30-22-8-7-18(14-36(19)22)25(26,27)28)34-9-10-35(24(37)16-5-4-6-16)20(15-34)17-11-31-32-12-17/h3,7-8,11-14,16,20H,2,4-6,9-10,15H2,1H3,(H,31,32)/b21-3+,33-23?. The molecule has 1 aliphatic heterocycles. The minimum Gasteiger partial charge on any atom is -0.353 e. The number of amidine groups is 1. The molecule has 9 nitrogen and oxygen atoms in total. The molecule has 1 amide bonds. The first kappa shape index (κ1) is 24.7. The number of imidazole rings is 1. The predicted molar refractivity (Wildman–Crippen MR) is 132 cm³/mol. The number of piperazine rings is 1. The Morgan fingerprint density at radius 2 is 2.05 bits per heavy atom. The van der Waals surface area contributed by atoms with Crippen LogP contribution in [-0.4, -0.2) is 67.5 Å². The van der Waals surface area contributed by atoms with E-state index >= 15 is 0 Å². The Morgan fingerprint density at radius 3 is 2.68 bits per heavy atom. The van der Waals surface area contributed by atoms with Crippen LogP contribution in [0.4, 0.5) is 13.2 Å². The van der Waals surface area contributed by atoms with Crippen LogP contribution in [0.15, 0.2) is 58.8 Å². The highest BCUT2D eigenvalue weighted by Crippen LogP contribution is 2.34. The minimum atomic E-state index is -4.50. The highest BCUT2D eigenvalue weighted by Gasteiger charge is 2.38. The third-order valence-electron chi connectivity index (χ3n) is 7.04. The molecule has 1 saturated heterocycles. The molecule has 0 spiro atoms. The molecule has 12 heteroatoms. The van der Waals surface area contributed by atoms with Crippen LogP contribution in [-0.2, 0) is 11.0 Å². The van der Waals surface area contributed by atoms with Gasteiger partial charge in [0.05, 0.1) is 24.0 Å². The van der Waals surface area contributed by atoms with Crippen molar-refractivity contribution in [2.45, 2.75) is 38.4 Å². The first-order chi connectivity index (χ1) is 17.8. The number of hydrogen-bond donors (Lipinski definition) is 1. The smallest absolute Gasteiger partial charge is 0.353 e. The fraction of sp³-hybridized carbons (Fsp3) is 0.400. The van der Waals surface area contributed by atoms with Crippen molar-refractivity contribution in [3.8, 4) is 0 Å². The van der Waals surface area contributed by atoms with Gasteiger partial charge in [-0.3, -0.25) is 14.3 Å². The first-order valence-corrected chi connectivity index (χ1v) is 12.1. The van der Waals surface area contributed by atoms with Gasteiger partial charge in [-0.1, -0.05) is 6.42 Å². The molecule has 2 aliphatic rings. The van der Waals surface area contributed by atoms with Gasteiger partial charge in [-0.2, -0.15) is 18.3 Å². The van der Waals surface area contributed by atoms with E-state index in [-0.39, 0.29) is 23.7 Å². The van der Waals surface area contributed by atoms with E-state index in [0.717, 1.165) is 37.1 Å². The van der Waals surface area contributed by atoms with Gasteiger partial charge in [0.15, 0.2) is 5.84 Å². The van der Waals surface area contributed by atoms with Gasteiger partial charge in [-0.15, -0.1) is 0 Å². The van der Waals surface area contributed by atoms with Gasteiger partial charge in [0, 0.05) is 43.5 Å². The maximum atomic E-state index is 13.3. The number of nitrogens with zero attached hydrogens (tertiary/aromatic N) is 7. The number of carbonyl (C=O) groups is 1. The van der Waals surface area contributed by atoms with Crippen molar-refractivity contribution in [2.24, 2.45) is 15.9 Å². The summed E-state index contributed by atoms with van der Waals surface area (Å²) in [6, 6.07) is 2.08. The number of carbonyl (C=O) groups excluding carboxylic acids is 1. The van der Waals surface area contributed by atoms with Crippen LogP contribution in [0, 0.1) is 5.92 Å². The molecular weight excluding hydrogens is 485 g/mol. The number of hydrogen-bond acceptors (Lipinski definition) is 5. The number of halogens is 3. The van der Waals surface area contributed by atoms with Crippen LogP contribution in [0.25, 0.3) is 5.65 Å². The van der Waals surface area contributed by atoms with E-state index in [4.69, 9.17) is 0 Å². The molecule has 194 valence electrons. The summed E-state index contributed by atoms with van der Waals surface area (Å²) in [5, 5.41) is 6.90. The predicted octanol–water partition coefficient (Wildman–Crippen LogP) is 4.07. The van der Waals surface area contributed by atoms with Crippen molar-refractivity contribution in [3.05, 3.63) is 65.6 Å². The van der Waals surface area contributed by atoms with E-state index in [9.17, 15) is 18.0 Å². The molecule has 3 aromatic rings. The quantitative estimate of drug-likeness (QED) is 0.412. The van der Waals surface area contributed by atoms with Gasteiger partial charge >= 0.3 is 6.18 Å². The number of alkyl halides is 3. The largest absolute Gasteiger partial charge is 0.417 e. The van der Waals surface area contributed by atoms with Gasteiger partial charge in [-0.05, 0) is 44.7 Å². The Morgan fingerprint density at radius 1 is 1.24 bits per heavy atom. The average molecular weight is 513 g/mol. The molecule has 1 N–H and O–H groups in total. The number of aromatic nitrogens is 4. The highest BCUT2D eigenvalue weighted by molar-refractivity contribution is 6.01. The third kappa shape index (κ3) is 4.75. The van der Waals surface area contributed by atoms with E-state index in [0.29, 0.717) is 36.8 Å². The van der Waals surface area contributed by atoms with Gasteiger partial charge in [-0.25, -0.2) is 15.0 Å². The molecule has 37 heavy (non-hydrogen) atoms. The van der Waals surface area contributed by atoms with Crippen molar-refractivity contribution in [1.82, 2.24) is 29.4 Å². The number of aliphatic imine (C=N–C) groups is 2. The minimum absolute atomic E-state index is 0.0773. The van der Waals surface area contributed by atoms with Gasteiger partial charge in [0.1, 0.15) is 17.2 Å². The number of aromatic amines is 1. The van der Waals surface area contributed by atoms with Crippen LogP contribution in [0.1, 0.15) is 49.0 Å². The van der Waals surface area contributed by atoms with Crippen molar-refractivity contribution < 1.29 is 18.0 Å². The second kappa shape index (κ2) is 9.83. The van der Waals surface area contributed by atoms with Crippen LogP contribution >= 0.6 is 0 Å². The summed E-state index contributed by atoms with van der Waals surface area (Å²) in [5.74, 6) is 0.970. The molecule has 4 heterocycles. The molecule has 1 saturated carbocycles. The van der Waals surface area contributed by atoms with E-state index in [1.807, 2.05) is 22.8 Å². The molecule has 0 radical (unpaired) electrons. The number of rotatable bonds is 5. The van der Waals surface area contributed by atoms with Crippen molar-refractivity contribution in [3.63, 3.8) is 0 Å². The highest BCUT2D eigenvalue weighted by atomic mass is 19.4. The summed E-state index contributed by atoms with van der Waals surface area (Å²) in [6.07, 6.45) is 6.16. The van der Waals surface area contributed by atoms with Crippen LogP contribution in [0.3, 0.4) is 0 Å². The van der Waals surface area contributed by atoms with Crippen molar-refractivity contribution in [1.29, 1.82) is 0 Å². The fourth-order valence-corrected chi connectivity index (χ4v) is 4.79. The van der Waals surface area contributed by atoms with E-state index < -0.39 is 11.7 Å². The number of amides is 1. The molecular formula is C25H27F3N8O. The molecule has 2 fully saturated rings. The summed E-state index contributed by atoms with van der Waals surface area (Å²) in [5.41, 5.74) is 0.731. The molecule has 3 aromatic heterocycles. The monoisotopic (exact) mass is 512 g/mol. The Bertz CT molecular complexity index is 1350. The first-order valence-electron chi connectivity index (χ1n) is 12.1. The lowest BCUT2D eigenvalue weighted by Crippen LogP contribution is -2.52. The van der Waals surface area contributed by atoms with Gasteiger partial charge in [0.25, 0.3) is 0 Å². The molecule has 1 aliphatic carbocycles. The summed E-state index contributed by atoms with van der Waals surface area (Å²) in [4.78, 5) is 30.0. The molecule has 0 aromatic carbocycles. The maximum Gasteiger partial charge on any atom is 0.417 e. The zero-order valence-electron chi connectivity index (χ0n) is 20.3. The number of fused-ring (bicyclic) bond motifs is 1. The van der Waals surface area contributed by atoms with Crippen molar-refractivity contribution >= 4 is 24.1 Å². The number of nitrogens with one attached hydrogen (secondary N) is 1. The van der Waals surface area contributed by atoms with E-state index in [2.05, 4.69) is 31.9 Å².